The van der Waals surface area contributed by atoms with E-state index < -0.39 is 0 Å². The second kappa shape index (κ2) is 9.03. The highest BCUT2D eigenvalue weighted by atomic mass is 16.5. The molecule has 1 heterocycles. The summed E-state index contributed by atoms with van der Waals surface area (Å²) in [5, 5.41) is 0. The van der Waals surface area contributed by atoms with Crippen LogP contribution in [0.5, 0.6) is 5.75 Å². The van der Waals surface area contributed by atoms with Gasteiger partial charge in [0.15, 0.2) is 0 Å². The average Bonchev–Trinajstić information content (AvgIpc) is 2.53. The van der Waals surface area contributed by atoms with E-state index in [4.69, 9.17) is 15.2 Å². The van der Waals surface area contributed by atoms with E-state index in [2.05, 4.69) is 11.9 Å². The molecule has 1 saturated heterocycles. The molecule has 0 aliphatic carbocycles. The SMILES string of the molecule is CN(CCCOc1ccc(CN)cc1)CC1CCCCO1. The second-order valence-electron chi connectivity index (χ2n) is 5.80. The molecule has 4 nitrogen and oxygen atoms in total. The fraction of sp³-hybridized carbons (Fsp3) is 0.647. The Morgan fingerprint density at radius 2 is 2.10 bits per heavy atom. The van der Waals surface area contributed by atoms with Gasteiger partial charge in [0.05, 0.1) is 12.7 Å². The minimum Gasteiger partial charge on any atom is -0.494 e. The van der Waals surface area contributed by atoms with Gasteiger partial charge in [-0.2, -0.15) is 0 Å². The summed E-state index contributed by atoms with van der Waals surface area (Å²) in [6, 6.07) is 8.01. The van der Waals surface area contributed by atoms with Crippen LogP contribution in [0, 0.1) is 0 Å². The standard InChI is InChI=1S/C17H28N2O2/c1-19(14-17-5-2-3-11-21-17)10-4-12-20-16-8-6-15(13-18)7-9-16/h6-9,17H,2-5,10-14,18H2,1H3. The third-order valence-electron chi connectivity index (χ3n) is 3.90. The van der Waals surface area contributed by atoms with Crippen LogP contribution in [0.3, 0.4) is 0 Å². The van der Waals surface area contributed by atoms with Crippen LogP contribution in [0.4, 0.5) is 0 Å². The van der Waals surface area contributed by atoms with Crippen LogP contribution in [0.25, 0.3) is 0 Å². The summed E-state index contributed by atoms with van der Waals surface area (Å²) in [6.07, 6.45) is 5.18. The molecule has 1 aromatic carbocycles. The maximum atomic E-state index is 5.76. The van der Waals surface area contributed by atoms with Gasteiger partial charge in [-0.25, -0.2) is 0 Å². The van der Waals surface area contributed by atoms with E-state index in [-0.39, 0.29) is 0 Å². The van der Waals surface area contributed by atoms with Crippen LogP contribution in [0.1, 0.15) is 31.2 Å². The molecule has 0 amide bonds. The fourth-order valence-electron chi connectivity index (χ4n) is 2.64. The summed E-state index contributed by atoms with van der Waals surface area (Å²) in [6.45, 7) is 4.33. The zero-order chi connectivity index (χ0) is 14.9. The summed E-state index contributed by atoms with van der Waals surface area (Å²) < 4.78 is 11.5. The van der Waals surface area contributed by atoms with E-state index in [1.54, 1.807) is 0 Å². The summed E-state index contributed by atoms with van der Waals surface area (Å²) in [4.78, 5) is 2.34. The molecule has 1 aromatic rings. The highest BCUT2D eigenvalue weighted by Gasteiger charge is 2.15. The molecule has 0 bridgehead atoms. The van der Waals surface area contributed by atoms with Crippen molar-refractivity contribution in [2.45, 2.75) is 38.3 Å². The number of hydrogen-bond acceptors (Lipinski definition) is 4. The van der Waals surface area contributed by atoms with E-state index in [1.165, 1.54) is 19.3 Å². The molecule has 21 heavy (non-hydrogen) atoms. The van der Waals surface area contributed by atoms with Gasteiger partial charge in [0.2, 0.25) is 0 Å². The Hall–Kier alpha value is -1.10. The summed E-state index contributed by atoms with van der Waals surface area (Å²) in [5.74, 6) is 0.922. The predicted molar refractivity (Wildman–Crippen MR) is 85.5 cm³/mol. The zero-order valence-corrected chi connectivity index (χ0v) is 13.1. The van der Waals surface area contributed by atoms with Gasteiger partial charge in [0.1, 0.15) is 5.75 Å². The first-order valence-corrected chi connectivity index (χ1v) is 8.00. The van der Waals surface area contributed by atoms with Crippen LogP contribution in [-0.2, 0) is 11.3 Å². The second-order valence-corrected chi connectivity index (χ2v) is 5.80. The molecule has 0 radical (unpaired) electrons. The van der Waals surface area contributed by atoms with E-state index in [0.717, 1.165) is 44.0 Å². The Morgan fingerprint density at radius 3 is 2.76 bits per heavy atom. The Morgan fingerprint density at radius 1 is 1.29 bits per heavy atom. The molecule has 0 aromatic heterocycles. The lowest BCUT2D eigenvalue weighted by molar-refractivity contribution is -0.00193. The average molecular weight is 292 g/mol. The summed E-state index contributed by atoms with van der Waals surface area (Å²) in [5.41, 5.74) is 6.71. The summed E-state index contributed by atoms with van der Waals surface area (Å²) >= 11 is 0. The first-order chi connectivity index (χ1) is 10.3. The van der Waals surface area contributed by atoms with Gasteiger partial charge < -0.3 is 20.1 Å². The van der Waals surface area contributed by atoms with Gasteiger partial charge in [-0.15, -0.1) is 0 Å². The normalized spacial score (nSPS) is 18.9. The van der Waals surface area contributed by atoms with E-state index in [9.17, 15) is 0 Å². The summed E-state index contributed by atoms with van der Waals surface area (Å²) in [7, 11) is 2.16. The lowest BCUT2D eigenvalue weighted by Gasteiger charge is -2.27. The number of nitrogens with zero attached hydrogens (tertiary/aromatic N) is 1. The first-order valence-electron chi connectivity index (χ1n) is 8.00. The van der Waals surface area contributed by atoms with Crippen LogP contribution in [-0.4, -0.2) is 44.4 Å². The predicted octanol–water partition coefficient (Wildman–Crippen LogP) is 2.42. The third-order valence-corrected chi connectivity index (χ3v) is 3.90. The Kier molecular flexibility index (Phi) is 7.00. The molecule has 4 heteroatoms. The molecule has 0 saturated carbocycles. The lowest BCUT2D eigenvalue weighted by Crippen LogP contribution is -2.34. The molecule has 0 spiro atoms. The minimum absolute atomic E-state index is 0.425. The molecule has 118 valence electrons. The van der Waals surface area contributed by atoms with Crippen molar-refractivity contribution in [1.29, 1.82) is 0 Å². The van der Waals surface area contributed by atoms with Crippen molar-refractivity contribution < 1.29 is 9.47 Å². The molecule has 1 unspecified atom stereocenters. The van der Waals surface area contributed by atoms with Crippen molar-refractivity contribution in [1.82, 2.24) is 4.90 Å². The van der Waals surface area contributed by atoms with Crippen molar-refractivity contribution in [3.05, 3.63) is 29.8 Å². The van der Waals surface area contributed by atoms with Gasteiger partial charge >= 0.3 is 0 Å². The number of nitrogens with two attached hydrogens (primary N) is 1. The Balaban J connectivity index is 1.57. The molecule has 2 N–H and O–H groups in total. The third kappa shape index (κ3) is 6.04. The smallest absolute Gasteiger partial charge is 0.119 e. The maximum Gasteiger partial charge on any atom is 0.119 e. The topological polar surface area (TPSA) is 47.7 Å². The Labute approximate surface area is 128 Å². The molecule has 1 aliphatic rings. The highest BCUT2D eigenvalue weighted by molar-refractivity contribution is 5.26. The van der Waals surface area contributed by atoms with Gasteiger partial charge in [-0.3, -0.25) is 0 Å². The lowest BCUT2D eigenvalue weighted by atomic mass is 10.1. The van der Waals surface area contributed by atoms with Gasteiger partial charge in [-0.05, 0) is 50.4 Å². The number of likely N-dealkylation sites (N-methyl/N-ethyl adjacent to an activating group) is 1. The molecule has 1 atom stereocenters. The number of benzene rings is 1. The molecule has 1 aliphatic heterocycles. The number of ether oxygens (including phenoxy) is 2. The van der Waals surface area contributed by atoms with Gasteiger partial charge in [-0.1, -0.05) is 12.1 Å². The van der Waals surface area contributed by atoms with Crippen LogP contribution >= 0.6 is 0 Å². The van der Waals surface area contributed by atoms with Crippen molar-refractivity contribution in [2.75, 3.05) is 33.4 Å². The van der Waals surface area contributed by atoms with Gasteiger partial charge in [0.25, 0.3) is 0 Å². The Bertz CT molecular complexity index is 388. The van der Waals surface area contributed by atoms with Crippen molar-refractivity contribution in [3.8, 4) is 5.75 Å². The fourth-order valence-corrected chi connectivity index (χ4v) is 2.64. The number of rotatable bonds is 8. The first kappa shape index (κ1) is 16.3. The monoisotopic (exact) mass is 292 g/mol. The molecule has 2 rings (SSSR count). The highest BCUT2D eigenvalue weighted by Crippen LogP contribution is 2.14. The van der Waals surface area contributed by atoms with Crippen molar-refractivity contribution in [2.24, 2.45) is 5.73 Å². The van der Waals surface area contributed by atoms with Crippen LogP contribution in [0.2, 0.25) is 0 Å². The molecule has 1 fully saturated rings. The quantitative estimate of drug-likeness (QED) is 0.748. The molecular formula is C17H28N2O2. The maximum absolute atomic E-state index is 5.76. The molecular weight excluding hydrogens is 264 g/mol. The zero-order valence-electron chi connectivity index (χ0n) is 13.1. The van der Waals surface area contributed by atoms with Crippen LogP contribution < -0.4 is 10.5 Å². The van der Waals surface area contributed by atoms with Gasteiger partial charge in [0, 0.05) is 26.2 Å². The largest absolute Gasteiger partial charge is 0.494 e. The van der Waals surface area contributed by atoms with Crippen LogP contribution in [0.15, 0.2) is 24.3 Å². The number of hydrogen-bond donors (Lipinski definition) is 1. The van der Waals surface area contributed by atoms with Crippen molar-refractivity contribution >= 4 is 0 Å². The minimum atomic E-state index is 0.425. The van der Waals surface area contributed by atoms with E-state index in [0.29, 0.717) is 12.6 Å². The van der Waals surface area contributed by atoms with Crippen molar-refractivity contribution in [3.63, 3.8) is 0 Å². The van der Waals surface area contributed by atoms with E-state index in [1.807, 2.05) is 24.3 Å². The van der Waals surface area contributed by atoms with E-state index >= 15 is 0 Å².